The Kier molecular flexibility index (Phi) is 5.16. The summed E-state index contributed by atoms with van der Waals surface area (Å²) in [6, 6.07) is 20.7. The van der Waals surface area contributed by atoms with Gasteiger partial charge in [-0.25, -0.2) is 0 Å². The van der Waals surface area contributed by atoms with Crippen molar-refractivity contribution in [3.05, 3.63) is 83.9 Å². The van der Waals surface area contributed by atoms with Gasteiger partial charge in [0.25, 0.3) is 0 Å². The number of para-hydroxylation sites is 1. The minimum Gasteiger partial charge on any atom is -0.496 e. The standard InChI is InChI=1S/C21H18F3NO/c1-26-20-8-3-2-7-19(20)16-5-4-6-18(13-16)25-14-15-9-11-17(12-10-15)21(22,23)24/h2-13,25H,14H2,1H3. The number of methoxy groups -OCH3 is 1. The summed E-state index contributed by atoms with van der Waals surface area (Å²) in [7, 11) is 1.63. The lowest BCUT2D eigenvalue weighted by atomic mass is 10.0. The van der Waals surface area contributed by atoms with Crippen molar-refractivity contribution in [3.63, 3.8) is 0 Å². The topological polar surface area (TPSA) is 21.3 Å². The third-order valence-corrected chi connectivity index (χ3v) is 4.06. The van der Waals surface area contributed by atoms with Crippen LogP contribution < -0.4 is 10.1 Å². The lowest BCUT2D eigenvalue weighted by Crippen LogP contribution is -2.05. The Morgan fingerprint density at radius 2 is 1.62 bits per heavy atom. The molecular weight excluding hydrogens is 339 g/mol. The van der Waals surface area contributed by atoms with Crippen LogP contribution in [0.5, 0.6) is 5.75 Å². The van der Waals surface area contributed by atoms with E-state index in [1.165, 1.54) is 12.1 Å². The van der Waals surface area contributed by atoms with Crippen LogP contribution in [0.1, 0.15) is 11.1 Å². The zero-order chi connectivity index (χ0) is 18.6. The molecule has 2 nitrogen and oxygen atoms in total. The van der Waals surface area contributed by atoms with Gasteiger partial charge in [-0.05, 0) is 41.5 Å². The molecule has 0 spiro atoms. The molecule has 0 aliphatic carbocycles. The fourth-order valence-corrected chi connectivity index (χ4v) is 2.70. The van der Waals surface area contributed by atoms with Gasteiger partial charge in [-0.15, -0.1) is 0 Å². The Bertz CT molecular complexity index is 873. The monoisotopic (exact) mass is 357 g/mol. The second kappa shape index (κ2) is 7.52. The second-order valence-corrected chi connectivity index (χ2v) is 5.83. The van der Waals surface area contributed by atoms with E-state index < -0.39 is 11.7 Å². The SMILES string of the molecule is COc1ccccc1-c1cccc(NCc2ccc(C(F)(F)F)cc2)c1. The van der Waals surface area contributed by atoms with Crippen molar-refractivity contribution in [1.29, 1.82) is 0 Å². The Labute approximate surface area is 150 Å². The van der Waals surface area contributed by atoms with E-state index in [1.54, 1.807) is 7.11 Å². The number of alkyl halides is 3. The summed E-state index contributed by atoms with van der Waals surface area (Å²) in [5.74, 6) is 0.785. The van der Waals surface area contributed by atoms with Gasteiger partial charge < -0.3 is 10.1 Å². The van der Waals surface area contributed by atoms with Crippen LogP contribution in [0.3, 0.4) is 0 Å². The molecule has 3 aromatic rings. The number of benzene rings is 3. The third kappa shape index (κ3) is 4.17. The molecule has 0 atom stereocenters. The highest BCUT2D eigenvalue weighted by molar-refractivity contribution is 5.73. The van der Waals surface area contributed by atoms with Crippen LogP contribution in [-0.4, -0.2) is 7.11 Å². The molecule has 0 unspecified atom stereocenters. The summed E-state index contributed by atoms with van der Waals surface area (Å²) in [5.41, 5.74) is 3.00. The average molecular weight is 357 g/mol. The van der Waals surface area contributed by atoms with E-state index in [2.05, 4.69) is 5.32 Å². The van der Waals surface area contributed by atoms with E-state index in [1.807, 2.05) is 48.5 Å². The number of halogens is 3. The second-order valence-electron chi connectivity index (χ2n) is 5.83. The van der Waals surface area contributed by atoms with Crippen LogP contribution >= 0.6 is 0 Å². The summed E-state index contributed by atoms with van der Waals surface area (Å²) in [5, 5.41) is 3.24. The lowest BCUT2D eigenvalue weighted by Gasteiger charge is -2.12. The summed E-state index contributed by atoms with van der Waals surface area (Å²) < 4.78 is 43.2. The first-order valence-electron chi connectivity index (χ1n) is 8.11. The van der Waals surface area contributed by atoms with Crippen LogP contribution in [0.25, 0.3) is 11.1 Å². The molecule has 5 heteroatoms. The Hall–Kier alpha value is -2.95. The molecule has 0 fully saturated rings. The van der Waals surface area contributed by atoms with Crippen molar-refractivity contribution in [3.8, 4) is 16.9 Å². The molecule has 1 N–H and O–H groups in total. The number of nitrogens with one attached hydrogen (secondary N) is 1. The van der Waals surface area contributed by atoms with Gasteiger partial charge in [0.05, 0.1) is 12.7 Å². The molecule has 0 radical (unpaired) electrons. The van der Waals surface area contributed by atoms with Gasteiger partial charge >= 0.3 is 6.18 Å². The minimum atomic E-state index is -4.31. The van der Waals surface area contributed by atoms with Crippen molar-refractivity contribution < 1.29 is 17.9 Å². The molecular formula is C21H18F3NO. The van der Waals surface area contributed by atoms with Gasteiger partial charge in [0.15, 0.2) is 0 Å². The first kappa shape index (κ1) is 17.9. The van der Waals surface area contributed by atoms with Crippen LogP contribution in [0.15, 0.2) is 72.8 Å². The highest BCUT2D eigenvalue weighted by atomic mass is 19.4. The van der Waals surface area contributed by atoms with E-state index in [4.69, 9.17) is 4.74 Å². The van der Waals surface area contributed by atoms with Gasteiger partial charge in [0, 0.05) is 17.8 Å². The maximum absolute atomic E-state index is 12.6. The van der Waals surface area contributed by atoms with Crippen LogP contribution in [0, 0.1) is 0 Å². The molecule has 0 saturated heterocycles. The zero-order valence-corrected chi connectivity index (χ0v) is 14.2. The number of ether oxygens (including phenoxy) is 1. The van der Waals surface area contributed by atoms with Gasteiger partial charge in [-0.1, -0.05) is 42.5 Å². The predicted octanol–water partition coefficient (Wildman–Crippen LogP) is 5.99. The van der Waals surface area contributed by atoms with Crippen LogP contribution in [-0.2, 0) is 12.7 Å². The smallest absolute Gasteiger partial charge is 0.416 e. The molecule has 0 amide bonds. The summed E-state index contributed by atoms with van der Waals surface area (Å²) in [4.78, 5) is 0. The average Bonchev–Trinajstić information content (AvgIpc) is 2.66. The summed E-state index contributed by atoms with van der Waals surface area (Å²) >= 11 is 0. The first-order chi connectivity index (χ1) is 12.5. The van der Waals surface area contributed by atoms with E-state index in [9.17, 15) is 13.2 Å². The molecule has 0 aliphatic heterocycles. The van der Waals surface area contributed by atoms with Gasteiger partial charge in [-0.2, -0.15) is 13.2 Å². The van der Waals surface area contributed by atoms with E-state index in [0.29, 0.717) is 6.54 Å². The highest BCUT2D eigenvalue weighted by Gasteiger charge is 2.29. The van der Waals surface area contributed by atoms with Crippen molar-refractivity contribution in [1.82, 2.24) is 0 Å². The van der Waals surface area contributed by atoms with Crippen LogP contribution in [0.4, 0.5) is 18.9 Å². The predicted molar refractivity (Wildman–Crippen MR) is 97.2 cm³/mol. The largest absolute Gasteiger partial charge is 0.496 e. The first-order valence-corrected chi connectivity index (χ1v) is 8.11. The maximum Gasteiger partial charge on any atom is 0.416 e. The Morgan fingerprint density at radius 1 is 0.885 bits per heavy atom. The Morgan fingerprint density at radius 3 is 2.31 bits per heavy atom. The number of hydrogen-bond donors (Lipinski definition) is 1. The molecule has 0 saturated carbocycles. The molecule has 134 valence electrons. The number of rotatable bonds is 5. The van der Waals surface area contributed by atoms with Gasteiger partial charge in [0.2, 0.25) is 0 Å². The zero-order valence-electron chi connectivity index (χ0n) is 14.2. The minimum absolute atomic E-state index is 0.438. The normalized spacial score (nSPS) is 11.2. The molecule has 3 aromatic carbocycles. The summed E-state index contributed by atoms with van der Waals surface area (Å²) in [6.45, 7) is 0.438. The maximum atomic E-state index is 12.6. The van der Waals surface area contributed by atoms with E-state index >= 15 is 0 Å². The van der Waals surface area contributed by atoms with Gasteiger partial charge in [0.1, 0.15) is 5.75 Å². The molecule has 0 heterocycles. The van der Waals surface area contributed by atoms with Crippen LogP contribution in [0.2, 0.25) is 0 Å². The fraction of sp³-hybridized carbons (Fsp3) is 0.143. The Balaban J connectivity index is 1.73. The molecule has 3 rings (SSSR count). The number of anilines is 1. The third-order valence-electron chi connectivity index (χ3n) is 4.06. The molecule has 0 bridgehead atoms. The van der Waals surface area contributed by atoms with Crippen molar-refractivity contribution in [2.24, 2.45) is 0 Å². The van der Waals surface area contributed by atoms with Crippen molar-refractivity contribution in [2.75, 3.05) is 12.4 Å². The molecule has 0 aliphatic rings. The highest BCUT2D eigenvalue weighted by Crippen LogP contribution is 2.31. The summed E-state index contributed by atoms with van der Waals surface area (Å²) in [6.07, 6.45) is -4.31. The van der Waals surface area contributed by atoms with E-state index in [-0.39, 0.29) is 0 Å². The van der Waals surface area contributed by atoms with Crippen molar-refractivity contribution >= 4 is 5.69 Å². The molecule has 26 heavy (non-hydrogen) atoms. The van der Waals surface area contributed by atoms with E-state index in [0.717, 1.165) is 40.3 Å². The quantitative estimate of drug-likeness (QED) is 0.605. The fourth-order valence-electron chi connectivity index (χ4n) is 2.70. The number of hydrogen-bond acceptors (Lipinski definition) is 2. The van der Waals surface area contributed by atoms with Gasteiger partial charge in [-0.3, -0.25) is 0 Å². The molecule has 0 aromatic heterocycles. The van der Waals surface area contributed by atoms with Crippen molar-refractivity contribution in [2.45, 2.75) is 12.7 Å². The lowest BCUT2D eigenvalue weighted by molar-refractivity contribution is -0.137.